The average Bonchev–Trinajstić information content (AvgIpc) is 2.86. The van der Waals surface area contributed by atoms with Gasteiger partial charge in [0, 0.05) is 23.1 Å². The highest BCUT2D eigenvalue weighted by molar-refractivity contribution is 9.10. The zero-order valence-corrected chi connectivity index (χ0v) is 14.0. The van der Waals surface area contributed by atoms with Crippen LogP contribution in [0.25, 0.3) is 0 Å². The van der Waals surface area contributed by atoms with E-state index in [9.17, 15) is 14.4 Å². The van der Waals surface area contributed by atoms with Gasteiger partial charge in [-0.15, -0.1) is 0 Å². The number of rotatable bonds is 4. The monoisotopic (exact) mass is 368 g/mol. The highest BCUT2D eigenvalue weighted by Gasteiger charge is 2.35. The third-order valence-electron chi connectivity index (χ3n) is 3.58. The van der Waals surface area contributed by atoms with Crippen LogP contribution in [0.15, 0.2) is 22.7 Å². The molecule has 2 rings (SSSR count). The molecule has 0 spiro atoms. The molecule has 1 unspecified atom stereocenters. The molecule has 1 aromatic rings. The number of benzene rings is 1. The lowest BCUT2D eigenvalue weighted by Gasteiger charge is -2.19. The van der Waals surface area contributed by atoms with E-state index in [1.165, 1.54) is 7.11 Å². The predicted molar refractivity (Wildman–Crippen MR) is 84.4 cm³/mol. The molecule has 1 saturated heterocycles. The molecule has 118 valence electrons. The largest absolute Gasteiger partial charge is 0.468 e. The van der Waals surface area contributed by atoms with Gasteiger partial charge in [0.1, 0.15) is 6.54 Å². The number of nitrogens with zero attached hydrogens (tertiary/aromatic N) is 1. The number of carbonyl (C=O) groups excluding carboxylic acids is 3. The Morgan fingerprint density at radius 3 is 2.82 bits per heavy atom. The highest BCUT2D eigenvalue weighted by Crippen LogP contribution is 2.29. The molecule has 0 saturated carbocycles. The van der Waals surface area contributed by atoms with E-state index < -0.39 is 11.9 Å². The predicted octanol–water partition coefficient (Wildman–Crippen LogP) is 1.40. The second kappa shape index (κ2) is 6.91. The normalized spacial score (nSPS) is 17.5. The maximum Gasteiger partial charge on any atom is 0.325 e. The Balaban J connectivity index is 2.04. The first-order chi connectivity index (χ1) is 10.4. The topological polar surface area (TPSA) is 75.7 Å². The van der Waals surface area contributed by atoms with E-state index in [4.69, 9.17) is 0 Å². The molecule has 1 N–H and O–H groups in total. The number of halogens is 1. The van der Waals surface area contributed by atoms with Crippen LogP contribution in [0, 0.1) is 12.8 Å². The summed E-state index contributed by atoms with van der Waals surface area (Å²) in [5, 5.41) is 2.49. The van der Waals surface area contributed by atoms with Gasteiger partial charge in [-0.2, -0.15) is 0 Å². The number of nitrogens with one attached hydrogen (secondary N) is 1. The quantitative estimate of drug-likeness (QED) is 0.815. The fourth-order valence-electron chi connectivity index (χ4n) is 2.41. The van der Waals surface area contributed by atoms with E-state index in [0.717, 1.165) is 15.7 Å². The standard InChI is InChI=1S/C15H17BrN2O4/c1-9-5-11(16)3-4-12(9)18-8-10(6-13(18)19)15(21)17-7-14(20)22-2/h3-5,10H,6-8H2,1-2H3,(H,17,21). The molecule has 0 radical (unpaired) electrons. The minimum absolute atomic E-state index is 0.0939. The van der Waals surface area contributed by atoms with Crippen LogP contribution < -0.4 is 10.2 Å². The summed E-state index contributed by atoms with van der Waals surface area (Å²) >= 11 is 3.38. The Hall–Kier alpha value is -1.89. The number of methoxy groups -OCH3 is 1. The van der Waals surface area contributed by atoms with E-state index in [0.29, 0.717) is 6.54 Å². The molecule has 1 aromatic carbocycles. The lowest BCUT2D eigenvalue weighted by atomic mass is 10.1. The summed E-state index contributed by atoms with van der Waals surface area (Å²) in [5.74, 6) is -1.38. The summed E-state index contributed by atoms with van der Waals surface area (Å²) in [4.78, 5) is 36.8. The highest BCUT2D eigenvalue weighted by atomic mass is 79.9. The molecular weight excluding hydrogens is 352 g/mol. The van der Waals surface area contributed by atoms with E-state index in [2.05, 4.69) is 26.0 Å². The average molecular weight is 369 g/mol. The lowest BCUT2D eigenvalue weighted by Crippen LogP contribution is -2.36. The van der Waals surface area contributed by atoms with Crippen LogP contribution in [0.2, 0.25) is 0 Å². The molecule has 0 bridgehead atoms. The zero-order chi connectivity index (χ0) is 16.3. The van der Waals surface area contributed by atoms with Crippen molar-refractivity contribution in [3.8, 4) is 0 Å². The van der Waals surface area contributed by atoms with Crippen LogP contribution in [0.5, 0.6) is 0 Å². The smallest absolute Gasteiger partial charge is 0.325 e. The van der Waals surface area contributed by atoms with Gasteiger partial charge in [0.2, 0.25) is 11.8 Å². The Morgan fingerprint density at radius 1 is 1.45 bits per heavy atom. The maximum absolute atomic E-state index is 12.2. The third-order valence-corrected chi connectivity index (χ3v) is 4.07. The molecule has 1 heterocycles. The SMILES string of the molecule is COC(=O)CNC(=O)C1CC(=O)N(c2ccc(Br)cc2C)C1. The second-order valence-electron chi connectivity index (χ2n) is 5.13. The number of esters is 1. The van der Waals surface area contributed by atoms with Crippen molar-refractivity contribution in [3.05, 3.63) is 28.2 Å². The molecule has 6 nitrogen and oxygen atoms in total. The number of aryl methyl sites for hydroxylation is 1. The van der Waals surface area contributed by atoms with Crippen molar-refractivity contribution in [2.45, 2.75) is 13.3 Å². The van der Waals surface area contributed by atoms with Gasteiger partial charge in [0.15, 0.2) is 0 Å². The van der Waals surface area contributed by atoms with Crippen molar-refractivity contribution in [2.24, 2.45) is 5.92 Å². The Kier molecular flexibility index (Phi) is 5.18. The summed E-state index contributed by atoms with van der Waals surface area (Å²) in [7, 11) is 1.26. The molecule has 1 aliphatic heterocycles. The molecule has 1 fully saturated rings. The number of hydrogen-bond acceptors (Lipinski definition) is 4. The lowest BCUT2D eigenvalue weighted by molar-refractivity contribution is -0.141. The number of anilines is 1. The van der Waals surface area contributed by atoms with Gasteiger partial charge in [-0.25, -0.2) is 0 Å². The fraction of sp³-hybridized carbons (Fsp3) is 0.400. The molecule has 2 amide bonds. The van der Waals surface area contributed by atoms with Gasteiger partial charge in [-0.3, -0.25) is 14.4 Å². The van der Waals surface area contributed by atoms with Gasteiger partial charge < -0.3 is 15.0 Å². The Morgan fingerprint density at radius 2 is 2.18 bits per heavy atom. The van der Waals surface area contributed by atoms with Crippen molar-refractivity contribution in [2.75, 3.05) is 25.1 Å². The Bertz CT molecular complexity index is 618. The van der Waals surface area contributed by atoms with Crippen LogP contribution in [0.3, 0.4) is 0 Å². The molecular formula is C15H17BrN2O4. The first-order valence-electron chi connectivity index (χ1n) is 6.83. The zero-order valence-electron chi connectivity index (χ0n) is 12.4. The van der Waals surface area contributed by atoms with Crippen molar-refractivity contribution in [1.29, 1.82) is 0 Å². The van der Waals surface area contributed by atoms with Crippen LogP contribution in [-0.4, -0.2) is 38.0 Å². The van der Waals surface area contributed by atoms with E-state index in [1.54, 1.807) is 4.90 Å². The van der Waals surface area contributed by atoms with Crippen LogP contribution in [0.1, 0.15) is 12.0 Å². The van der Waals surface area contributed by atoms with Gasteiger partial charge in [-0.05, 0) is 30.7 Å². The summed E-state index contributed by atoms with van der Waals surface area (Å²) in [6.07, 6.45) is 0.141. The van der Waals surface area contributed by atoms with Crippen molar-refractivity contribution < 1.29 is 19.1 Å². The summed E-state index contributed by atoms with van der Waals surface area (Å²) in [6, 6.07) is 5.64. The first kappa shape index (κ1) is 16.5. The first-order valence-corrected chi connectivity index (χ1v) is 7.62. The molecule has 1 atom stereocenters. The van der Waals surface area contributed by atoms with Gasteiger partial charge in [0.05, 0.1) is 13.0 Å². The van der Waals surface area contributed by atoms with Gasteiger partial charge in [0.25, 0.3) is 0 Å². The molecule has 22 heavy (non-hydrogen) atoms. The van der Waals surface area contributed by atoms with Crippen LogP contribution >= 0.6 is 15.9 Å². The van der Waals surface area contributed by atoms with Crippen molar-refractivity contribution in [1.82, 2.24) is 5.32 Å². The van der Waals surface area contributed by atoms with Crippen LogP contribution in [-0.2, 0) is 19.1 Å². The molecule has 1 aliphatic rings. The summed E-state index contributed by atoms with van der Waals surface area (Å²) in [6.45, 7) is 2.05. The summed E-state index contributed by atoms with van der Waals surface area (Å²) in [5.41, 5.74) is 1.76. The van der Waals surface area contributed by atoms with Crippen molar-refractivity contribution >= 4 is 39.4 Å². The number of ether oxygens (including phenoxy) is 1. The molecule has 0 aliphatic carbocycles. The third kappa shape index (κ3) is 3.65. The summed E-state index contributed by atoms with van der Waals surface area (Å²) < 4.78 is 5.40. The Labute approximate surface area is 136 Å². The van der Waals surface area contributed by atoms with E-state index >= 15 is 0 Å². The number of hydrogen-bond donors (Lipinski definition) is 1. The van der Waals surface area contributed by atoms with Gasteiger partial charge in [-0.1, -0.05) is 15.9 Å². The van der Waals surface area contributed by atoms with E-state index in [1.807, 2.05) is 25.1 Å². The minimum Gasteiger partial charge on any atom is -0.468 e. The van der Waals surface area contributed by atoms with Crippen molar-refractivity contribution in [3.63, 3.8) is 0 Å². The molecule has 0 aromatic heterocycles. The van der Waals surface area contributed by atoms with Gasteiger partial charge >= 0.3 is 5.97 Å². The second-order valence-corrected chi connectivity index (χ2v) is 6.05. The number of amides is 2. The van der Waals surface area contributed by atoms with Crippen LogP contribution in [0.4, 0.5) is 5.69 Å². The maximum atomic E-state index is 12.2. The molecule has 7 heteroatoms. The van der Waals surface area contributed by atoms with E-state index in [-0.39, 0.29) is 24.8 Å². The fourth-order valence-corrected chi connectivity index (χ4v) is 2.89. The number of carbonyl (C=O) groups is 3. The minimum atomic E-state index is -0.515.